The van der Waals surface area contributed by atoms with E-state index in [1.807, 2.05) is 13.8 Å². The number of rotatable bonds is 8. The number of nitrogens with zero attached hydrogens (tertiary/aromatic N) is 1. The van der Waals surface area contributed by atoms with Crippen molar-refractivity contribution in [2.45, 2.75) is 33.1 Å². The van der Waals surface area contributed by atoms with Crippen LogP contribution in [0.5, 0.6) is 0 Å². The van der Waals surface area contributed by atoms with Gasteiger partial charge in [0.25, 0.3) is 11.5 Å². The number of aromatic amines is 1. The third kappa shape index (κ3) is 6.20. The average molecular weight is 295 g/mol. The van der Waals surface area contributed by atoms with E-state index in [2.05, 4.69) is 15.5 Å². The highest BCUT2D eigenvalue weighted by atomic mass is 16.4. The van der Waals surface area contributed by atoms with Crippen LogP contribution in [0.25, 0.3) is 0 Å². The molecule has 7 nitrogen and oxygen atoms in total. The number of carboxylic acids is 1. The molecule has 0 aromatic carbocycles. The van der Waals surface area contributed by atoms with E-state index < -0.39 is 5.97 Å². The quantitative estimate of drug-likeness (QED) is 0.663. The first-order chi connectivity index (χ1) is 9.90. The highest BCUT2D eigenvalue weighted by molar-refractivity contribution is 5.91. The largest absolute Gasteiger partial charge is 0.481 e. The Hall–Kier alpha value is -2.18. The van der Waals surface area contributed by atoms with Gasteiger partial charge >= 0.3 is 5.97 Å². The third-order valence-electron chi connectivity index (χ3n) is 3.38. The maximum Gasteiger partial charge on any atom is 0.303 e. The lowest BCUT2D eigenvalue weighted by Gasteiger charge is -2.20. The van der Waals surface area contributed by atoms with Crippen molar-refractivity contribution < 1.29 is 14.7 Å². The van der Waals surface area contributed by atoms with Gasteiger partial charge in [-0.3, -0.25) is 14.4 Å². The normalized spacial score (nSPS) is 12.1. The Balaban J connectivity index is 2.42. The van der Waals surface area contributed by atoms with E-state index in [0.717, 1.165) is 0 Å². The van der Waals surface area contributed by atoms with E-state index >= 15 is 0 Å². The molecular formula is C14H21N3O4. The van der Waals surface area contributed by atoms with Gasteiger partial charge in [0.1, 0.15) is 5.69 Å². The van der Waals surface area contributed by atoms with Crippen molar-refractivity contribution in [1.29, 1.82) is 0 Å². The predicted octanol–water partition coefficient (Wildman–Crippen LogP) is 1.03. The molecular weight excluding hydrogens is 274 g/mol. The van der Waals surface area contributed by atoms with Crippen LogP contribution in [0.1, 0.15) is 43.6 Å². The van der Waals surface area contributed by atoms with E-state index in [1.54, 1.807) is 0 Å². The molecule has 1 amide bonds. The molecule has 0 aliphatic rings. The average Bonchev–Trinajstić information content (AvgIpc) is 2.42. The van der Waals surface area contributed by atoms with Crippen LogP contribution in [0.15, 0.2) is 16.9 Å². The van der Waals surface area contributed by atoms with Gasteiger partial charge in [-0.2, -0.15) is 5.10 Å². The zero-order valence-corrected chi connectivity index (χ0v) is 12.3. The molecule has 7 heteroatoms. The lowest BCUT2D eigenvalue weighted by molar-refractivity contribution is -0.137. The Morgan fingerprint density at radius 2 is 2.05 bits per heavy atom. The van der Waals surface area contributed by atoms with Crippen LogP contribution < -0.4 is 10.9 Å². The molecule has 0 radical (unpaired) electrons. The van der Waals surface area contributed by atoms with Gasteiger partial charge in [-0.25, -0.2) is 5.10 Å². The van der Waals surface area contributed by atoms with Gasteiger partial charge in [0.05, 0.1) is 0 Å². The van der Waals surface area contributed by atoms with Crippen LogP contribution in [-0.4, -0.2) is 33.7 Å². The minimum absolute atomic E-state index is 0.137. The van der Waals surface area contributed by atoms with Gasteiger partial charge < -0.3 is 10.4 Å². The molecule has 1 rings (SSSR count). The Labute approximate surface area is 122 Å². The molecule has 0 aliphatic heterocycles. The molecule has 1 heterocycles. The summed E-state index contributed by atoms with van der Waals surface area (Å²) in [6.07, 6.45) is 1.44. The number of hydrogen-bond acceptors (Lipinski definition) is 4. The van der Waals surface area contributed by atoms with Gasteiger partial charge in [-0.05, 0) is 30.7 Å². The molecule has 0 bridgehead atoms. The SMILES string of the molecule is CC(C)C(CCNC(=O)c1ccc(=O)[nH]n1)CCC(=O)O. The van der Waals surface area contributed by atoms with E-state index in [1.165, 1.54) is 12.1 Å². The van der Waals surface area contributed by atoms with Crippen LogP contribution in [-0.2, 0) is 4.79 Å². The van der Waals surface area contributed by atoms with Crippen molar-refractivity contribution in [2.75, 3.05) is 6.54 Å². The lowest BCUT2D eigenvalue weighted by Crippen LogP contribution is -2.28. The number of aliphatic carboxylic acids is 1. The predicted molar refractivity (Wildman–Crippen MR) is 77.0 cm³/mol. The second kappa shape index (κ2) is 8.18. The molecule has 1 unspecified atom stereocenters. The minimum Gasteiger partial charge on any atom is -0.481 e. The van der Waals surface area contributed by atoms with Gasteiger partial charge in [-0.1, -0.05) is 13.8 Å². The molecule has 1 aromatic rings. The van der Waals surface area contributed by atoms with Crippen molar-refractivity contribution in [2.24, 2.45) is 11.8 Å². The fraction of sp³-hybridized carbons (Fsp3) is 0.571. The summed E-state index contributed by atoms with van der Waals surface area (Å²) in [4.78, 5) is 33.2. The van der Waals surface area contributed by atoms with E-state index in [-0.39, 0.29) is 29.5 Å². The van der Waals surface area contributed by atoms with Crippen LogP contribution in [0, 0.1) is 11.8 Å². The maximum atomic E-state index is 11.8. The Bertz CT molecular complexity index is 519. The van der Waals surface area contributed by atoms with Crippen molar-refractivity contribution >= 4 is 11.9 Å². The fourth-order valence-corrected chi connectivity index (χ4v) is 2.05. The summed E-state index contributed by atoms with van der Waals surface area (Å²) in [6.45, 7) is 4.53. The van der Waals surface area contributed by atoms with Crippen LogP contribution in [0.2, 0.25) is 0 Å². The van der Waals surface area contributed by atoms with Crippen molar-refractivity contribution in [3.8, 4) is 0 Å². The molecule has 0 saturated carbocycles. The van der Waals surface area contributed by atoms with Crippen LogP contribution in [0.3, 0.4) is 0 Å². The molecule has 0 saturated heterocycles. The number of amides is 1. The summed E-state index contributed by atoms with van der Waals surface area (Å²) in [7, 11) is 0. The first kappa shape index (κ1) is 16.9. The standard InChI is InChI=1S/C14H21N3O4/c1-9(2)10(3-6-13(19)20)7-8-15-14(21)11-4-5-12(18)17-16-11/h4-5,9-10H,3,6-8H2,1-2H3,(H,15,21)(H,17,18)(H,19,20). The number of carbonyl (C=O) groups is 2. The molecule has 0 aliphatic carbocycles. The molecule has 0 fully saturated rings. The molecule has 1 atom stereocenters. The van der Waals surface area contributed by atoms with E-state index in [0.29, 0.717) is 25.3 Å². The zero-order valence-electron chi connectivity index (χ0n) is 12.3. The van der Waals surface area contributed by atoms with Gasteiger partial charge in [0.15, 0.2) is 0 Å². The van der Waals surface area contributed by atoms with Gasteiger partial charge in [0.2, 0.25) is 0 Å². The highest BCUT2D eigenvalue weighted by Crippen LogP contribution is 2.20. The van der Waals surface area contributed by atoms with Crippen molar-refractivity contribution in [1.82, 2.24) is 15.5 Å². The smallest absolute Gasteiger partial charge is 0.303 e. The summed E-state index contributed by atoms with van der Waals surface area (Å²) in [5.74, 6) is -0.563. The monoisotopic (exact) mass is 295 g/mol. The summed E-state index contributed by atoms with van der Waals surface area (Å²) in [6, 6.07) is 2.60. The van der Waals surface area contributed by atoms with Crippen molar-refractivity contribution in [3.63, 3.8) is 0 Å². The Morgan fingerprint density at radius 3 is 2.57 bits per heavy atom. The number of carbonyl (C=O) groups excluding carboxylic acids is 1. The number of H-pyrrole nitrogens is 1. The molecule has 0 spiro atoms. The minimum atomic E-state index is -0.804. The molecule has 116 valence electrons. The highest BCUT2D eigenvalue weighted by Gasteiger charge is 2.15. The van der Waals surface area contributed by atoms with Gasteiger partial charge in [-0.15, -0.1) is 0 Å². The zero-order chi connectivity index (χ0) is 15.8. The summed E-state index contributed by atoms with van der Waals surface area (Å²) in [5, 5.41) is 17.3. The molecule has 1 aromatic heterocycles. The second-order valence-corrected chi connectivity index (χ2v) is 5.29. The Morgan fingerprint density at radius 1 is 1.33 bits per heavy atom. The van der Waals surface area contributed by atoms with E-state index in [9.17, 15) is 14.4 Å². The number of hydrogen-bond donors (Lipinski definition) is 3. The van der Waals surface area contributed by atoms with E-state index in [4.69, 9.17) is 5.11 Å². The van der Waals surface area contributed by atoms with Crippen molar-refractivity contribution in [3.05, 3.63) is 28.2 Å². The number of nitrogens with one attached hydrogen (secondary N) is 2. The second-order valence-electron chi connectivity index (χ2n) is 5.29. The summed E-state index contributed by atoms with van der Waals surface area (Å²) >= 11 is 0. The summed E-state index contributed by atoms with van der Waals surface area (Å²) in [5.41, 5.74) is -0.207. The van der Waals surface area contributed by atoms with Crippen LogP contribution >= 0.6 is 0 Å². The van der Waals surface area contributed by atoms with Gasteiger partial charge in [0, 0.05) is 19.0 Å². The first-order valence-electron chi connectivity index (χ1n) is 6.96. The summed E-state index contributed by atoms with van der Waals surface area (Å²) < 4.78 is 0. The Kier molecular flexibility index (Phi) is 6.58. The number of aromatic nitrogens is 2. The number of carboxylic acid groups (broad SMARTS) is 1. The fourth-order valence-electron chi connectivity index (χ4n) is 2.05. The first-order valence-corrected chi connectivity index (χ1v) is 6.96. The molecule has 3 N–H and O–H groups in total. The maximum absolute atomic E-state index is 11.8. The molecule has 21 heavy (non-hydrogen) atoms. The topological polar surface area (TPSA) is 112 Å². The van der Waals surface area contributed by atoms with Crippen LogP contribution in [0.4, 0.5) is 0 Å². The lowest BCUT2D eigenvalue weighted by atomic mass is 9.88. The third-order valence-corrected chi connectivity index (χ3v) is 3.38.